The molecule has 0 N–H and O–H groups in total. The molecule has 15 radical (unpaired) electrons. The van der Waals surface area contributed by atoms with Crippen molar-refractivity contribution < 1.29 is 53.8 Å². The molecule has 0 saturated heterocycles. The van der Waals surface area contributed by atoms with Crippen LogP contribution in [0.1, 0.15) is 13.3 Å². The summed E-state index contributed by atoms with van der Waals surface area (Å²) in [5, 5.41) is 8.36. The summed E-state index contributed by atoms with van der Waals surface area (Å²) in [6.45, 7) is 2.36. The third-order valence-corrected chi connectivity index (χ3v) is 18.6. The average Bonchev–Trinajstić information content (AvgIpc) is 4.20. The topological polar surface area (TPSA) is 3.24 Å². The Morgan fingerprint density at radius 1 is 0.463 bits per heavy atom. The second-order valence-corrected chi connectivity index (χ2v) is 22.3. The van der Waals surface area contributed by atoms with Gasteiger partial charge in [0.25, 0.3) is 0 Å². The van der Waals surface area contributed by atoms with E-state index < -0.39 is 31.2 Å². The van der Waals surface area contributed by atoms with E-state index in [1.807, 2.05) is 0 Å². The second-order valence-electron chi connectivity index (χ2n) is 15.6. The summed E-state index contributed by atoms with van der Waals surface area (Å²) in [5.41, 5.74) is 2.87. The van der Waals surface area contributed by atoms with Crippen molar-refractivity contribution in [1.82, 2.24) is 4.67 Å². The van der Waals surface area contributed by atoms with Gasteiger partial charge in [0.05, 0.1) is 0 Å². The molecule has 6 aromatic rings. The first-order valence-corrected chi connectivity index (χ1v) is 25.8. The molecule has 345 valence electrons. The molecule has 4 aliphatic carbocycles. The summed E-state index contributed by atoms with van der Waals surface area (Å²) < 4.78 is 41.6. The normalized spacial score (nSPS) is 18.5. The Hall–Kier alpha value is -2.50. The van der Waals surface area contributed by atoms with Gasteiger partial charge in [-0.05, 0) is 151 Å². The van der Waals surface area contributed by atoms with E-state index in [0.717, 1.165) is 11.8 Å². The molecule has 2 bridgehead atoms. The first-order valence-electron chi connectivity index (χ1n) is 21.8. The van der Waals surface area contributed by atoms with Crippen LogP contribution in [0.2, 0.25) is 0 Å². The molecule has 0 aliphatic heterocycles. The largest absolute Gasteiger partial charge is 0.673 e. The number of rotatable bonds is 11. The van der Waals surface area contributed by atoms with Gasteiger partial charge in [0.15, 0.2) is 0 Å². The van der Waals surface area contributed by atoms with E-state index in [0.29, 0.717) is 0 Å². The Morgan fingerprint density at radius 3 is 1.09 bits per heavy atom. The predicted octanol–water partition coefficient (Wildman–Crippen LogP) is 12.5. The average molecular weight is 1080 g/mol. The van der Waals surface area contributed by atoms with Crippen LogP contribution >= 0.6 is 23.9 Å². The Balaban J connectivity index is 0.000000216. The van der Waals surface area contributed by atoms with Gasteiger partial charge in [-0.2, -0.15) is 0 Å². The van der Waals surface area contributed by atoms with Crippen molar-refractivity contribution >= 4 is 63.0 Å². The van der Waals surface area contributed by atoms with Gasteiger partial charge in [-0.25, -0.2) is 0 Å². The van der Waals surface area contributed by atoms with Gasteiger partial charge in [0, 0.05) is 67.9 Å². The van der Waals surface area contributed by atoms with E-state index in [1.54, 1.807) is 0 Å². The van der Waals surface area contributed by atoms with E-state index in [1.165, 1.54) is 55.5 Å². The molecule has 1 atom stereocenters. The number of hydrogen-bond acceptors (Lipinski definition) is 1. The molecule has 4 fully saturated rings. The van der Waals surface area contributed by atoms with Gasteiger partial charge in [0.2, 0.25) is 0 Å². The zero-order valence-electron chi connectivity index (χ0n) is 37.2. The Morgan fingerprint density at radius 2 is 0.776 bits per heavy atom. The van der Waals surface area contributed by atoms with Gasteiger partial charge >= 0.3 is 7.25 Å². The minimum atomic E-state index is -6.00. The minimum absolute atomic E-state index is 0. The third kappa shape index (κ3) is 16.5. The van der Waals surface area contributed by atoms with Gasteiger partial charge < -0.3 is 17.3 Å². The molecular formula is C56H52BF4FeNP3Rh-. The molecule has 4 saturated carbocycles. The Bertz CT molecular complexity index is 2090. The summed E-state index contributed by atoms with van der Waals surface area (Å²) in [6.07, 6.45) is 26.2. The third-order valence-electron chi connectivity index (χ3n) is 11.1. The summed E-state index contributed by atoms with van der Waals surface area (Å²) >= 11 is 0. The van der Waals surface area contributed by atoms with Crippen molar-refractivity contribution in [3.8, 4) is 0 Å². The van der Waals surface area contributed by atoms with Crippen molar-refractivity contribution in [2.75, 3.05) is 7.05 Å². The van der Waals surface area contributed by atoms with Crippen LogP contribution in [0.5, 0.6) is 0 Å². The molecule has 6 aromatic carbocycles. The summed E-state index contributed by atoms with van der Waals surface area (Å²) in [7, 11) is -5.41. The molecule has 0 amide bonds. The zero-order valence-corrected chi connectivity index (χ0v) is 42.6. The van der Waals surface area contributed by atoms with Crippen molar-refractivity contribution in [1.29, 1.82) is 0 Å². The first-order chi connectivity index (χ1) is 31.6. The molecule has 11 heteroatoms. The number of fused-ring (bicyclic) bond motifs is 2. The molecule has 10 rings (SSSR count). The van der Waals surface area contributed by atoms with Crippen LogP contribution in [-0.2, 0) is 36.5 Å². The maximum Gasteiger partial charge on any atom is 0.673 e. The number of halogens is 4. The summed E-state index contributed by atoms with van der Waals surface area (Å²) in [5.74, 6) is 3.04. The van der Waals surface area contributed by atoms with Gasteiger partial charge in [0.1, 0.15) is 0 Å². The molecular weight excluding hydrogens is 1030 g/mol. The molecule has 0 spiro atoms. The van der Waals surface area contributed by atoms with Crippen LogP contribution in [0.4, 0.5) is 17.3 Å². The number of nitrogens with zero attached hydrogens (tertiary/aromatic N) is 1. The number of benzene rings is 6. The predicted molar refractivity (Wildman–Crippen MR) is 273 cm³/mol. The first kappa shape index (κ1) is 55.4. The van der Waals surface area contributed by atoms with E-state index >= 15 is 0 Å². The summed E-state index contributed by atoms with van der Waals surface area (Å²) in [4.78, 5) is 0. The fraction of sp³-hybridized carbons (Fsp3) is 0.107. The minimum Gasteiger partial charge on any atom is -0.418 e. The molecule has 0 aromatic heterocycles. The molecule has 67 heavy (non-hydrogen) atoms. The van der Waals surface area contributed by atoms with Crippen LogP contribution in [-0.4, -0.2) is 25.0 Å². The van der Waals surface area contributed by atoms with E-state index in [4.69, 9.17) is 0 Å². The van der Waals surface area contributed by atoms with Crippen LogP contribution in [0.25, 0.3) is 0 Å². The van der Waals surface area contributed by atoms with Crippen molar-refractivity contribution in [3.63, 3.8) is 0 Å². The monoisotopic (exact) mass is 1080 g/mol. The Labute approximate surface area is 426 Å². The van der Waals surface area contributed by atoms with E-state index in [9.17, 15) is 17.3 Å². The molecule has 1 nitrogen and oxygen atoms in total. The van der Waals surface area contributed by atoms with Gasteiger partial charge in [-0.15, -0.1) is 0 Å². The Kier molecular flexibility index (Phi) is 23.5. The van der Waals surface area contributed by atoms with Crippen LogP contribution in [0.3, 0.4) is 0 Å². The molecule has 0 heterocycles. The maximum absolute atomic E-state index is 9.75. The van der Waals surface area contributed by atoms with Crippen molar-refractivity contribution in [2.24, 2.45) is 11.8 Å². The van der Waals surface area contributed by atoms with E-state index in [2.05, 4.69) is 271 Å². The molecule has 1 unspecified atom stereocenters. The van der Waals surface area contributed by atoms with Crippen LogP contribution in [0, 0.1) is 99.7 Å². The van der Waals surface area contributed by atoms with Gasteiger partial charge in [-0.1, -0.05) is 182 Å². The quantitative estimate of drug-likeness (QED) is 0.0710. The number of hydrogen-bond donors (Lipinski definition) is 0. The van der Waals surface area contributed by atoms with Crippen molar-refractivity contribution in [2.45, 2.75) is 19.4 Å². The fourth-order valence-electron chi connectivity index (χ4n) is 8.03. The second kappa shape index (κ2) is 28.4. The standard InChI is InChI=1S/C32H30NP2.C17H14P.C7H8.BF4.Fe.Rh/c1-26(33(2)35(29-20-11-5-12-21-29)30-22-13-6-14-23-30)31-24-15-25-32(31)34(27-16-7-3-8-17-27)28-18-9-4-10-19-28;1-3-9-15(10-4-1)18(17-13-7-8-14-17)16-11-5-2-6-12-16;1-2-7-4-3-6(1)5-7;2-1(3,4)5;;/h3-26H,1-2H3;1-14H;1-4,6-7H,5H2;;;/q;;;-1;;. The maximum atomic E-state index is 9.75. The molecule has 4 aliphatic rings. The summed E-state index contributed by atoms with van der Waals surface area (Å²) in [6, 6.07) is 65.7. The van der Waals surface area contributed by atoms with E-state index in [-0.39, 0.29) is 42.6 Å². The van der Waals surface area contributed by atoms with Crippen LogP contribution in [0.15, 0.2) is 182 Å². The van der Waals surface area contributed by atoms with Crippen molar-refractivity contribution in [3.05, 3.63) is 270 Å². The van der Waals surface area contributed by atoms with Gasteiger partial charge in [-0.3, -0.25) is 4.67 Å². The zero-order chi connectivity index (χ0) is 45.4. The fourth-order valence-corrected chi connectivity index (χ4v) is 15.3. The SMILES string of the molecule is CC([C]1[CH][CH][CH][C]1P(c1ccccc1)c1ccccc1)N(C)P(c1ccccc1)c1ccccc1.F[B-](F)(F)F.[CH]1[CH]C2[CH][CH]C1C2.[CH]1[CH][CH][C](P(c2ccccc2)c2ccccc2)[CH]1.[Fe].[Rh]. The smallest absolute Gasteiger partial charge is 0.418 e. The van der Waals surface area contributed by atoms with Crippen LogP contribution < -0.4 is 31.8 Å².